The van der Waals surface area contributed by atoms with Gasteiger partial charge in [0.2, 0.25) is 0 Å². The largest absolute Gasteiger partial charge is 0.465 e. The van der Waals surface area contributed by atoms with E-state index in [0.717, 1.165) is 3.57 Å². The zero-order valence-electron chi connectivity index (χ0n) is 13.9. The summed E-state index contributed by atoms with van der Waals surface area (Å²) in [4.78, 5) is 24.0. The third kappa shape index (κ3) is 3.30. The molecule has 0 aromatic heterocycles. The van der Waals surface area contributed by atoms with Gasteiger partial charge < -0.3 is 18.9 Å². The number of halogens is 4. The van der Waals surface area contributed by atoms with Crippen LogP contribution in [-0.4, -0.2) is 54.3 Å². The molecule has 0 amide bonds. The van der Waals surface area contributed by atoms with E-state index >= 15 is 0 Å². The molecule has 3 aliphatic heterocycles. The van der Waals surface area contributed by atoms with Gasteiger partial charge in [-0.25, -0.2) is 9.59 Å². The molecule has 158 valence electrons. The Balaban J connectivity index is 1.53. The number of carbonyl (C=O) groups is 2. The second kappa shape index (κ2) is 6.83. The lowest BCUT2D eigenvalue weighted by atomic mass is 9.90. The van der Waals surface area contributed by atoms with E-state index in [1.54, 1.807) is 12.1 Å². The number of benzene rings is 1. The highest BCUT2D eigenvalue weighted by atomic mass is 127. The van der Waals surface area contributed by atoms with Gasteiger partial charge in [-0.2, -0.15) is 17.2 Å². The van der Waals surface area contributed by atoms with E-state index in [-0.39, 0.29) is 18.4 Å². The zero-order chi connectivity index (χ0) is 21.4. The van der Waals surface area contributed by atoms with Crippen molar-refractivity contribution in [2.45, 2.75) is 42.2 Å². The fourth-order valence-electron chi connectivity index (χ4n) is 3.44. The van der Waals surface area contributed by atoms with Crippen LogP contribution in [0, 0.1) is 7.14 Å². The van der Waals surface area contributed by atoms with Crippen LogP contribution in [0.2, 0.25) is 0 Å². The maximum absolute atomic E-state index is 13.4. The SMILES string of the molecule is O=C1OC2(CC3OC2CC3OC(=O)C(F)(F)S(=O)(=O)O)Oc2c1ccc(I)c2I. The molecule has 1 aromatic carbocycles. The zero-order valence-corrected chi connectivity index (χ0v) is 19.1. The summed E-state index contributed by atoms with van der Waals surface area (Å²) in [7, 11) is -5.98. The van der Waals surface area contributed by atoms with Crippen LogP contribution < -0.4 is 4.74 Å². The minimum atomic E-state index is -5.98. The van der Waals surface area contributed by atoms with Crippen LogP contribution in [0.15, 0.2) is 12.1 Å². The van der Waals surface area contributed by atoms with E-state index in [1.807, 2.05) is 22.6 Å². The van der Waals surface area contributed by atoms with Crippen LogP contribution in [0.3, 0.4) is 0 Å². The first-order chi connectivity index (χ1) is 13.4. The molecule has 3 aliphatic rings. The Hall–Kier alpha value is -0.850. The summed E-state index contributed by atoms with van der Waals surface area (Å²) in [5.74, 6) is -4.24. The summed E-state index contributed by atoms with van der Waals surface area (Å²) in [6.45, 7) is 0. The molecule has 2 fully saturated rings. The van der Waals surface area contributed by atoms with Crippen LogP contribution in [0.25, 0.3) is 0 Å². The second-order valence-electron chi connectivity index (χ2n) is 6.58. The number of hydrogen-bond donors (Lipinski definition) is 1. The molecule has 3 heterocycles. The van der Waals surface area contributed by atoms with Crippen LogP contribution in [-0.2, 0) is 29.1 Å². The number of alkyl halides is 2. The van der Waals surface area contributed by atoms with E-state index in [9.17, 15) is 26.8 Å². The standard InChI is InChI=1S/C15H10F2I2O9S/c16-15(17,29(22,23)24)13(21)26-7-3-9-14(4-8(7)25-9)27-11-5(12(20)28-14)1-2-6(18)10(11)19/h1-2,7-9H,3-4H2,(H,22,23,24). The van der Waals surface area contributed by atoms with E-state index in [0.29, 0.717) is 9.32 Å². The Labute approximate surface area is 189 Å². The van der Waals surface area contributed by atoms with Crippen molar-refractivity contribution in [1.82, 2.24) is 0 Å². The van der Waals surface area contributed by atoms with Gasteiger partial charge in [0.05, 0.1) is 9.99 Å². The Kier molecular flexibility index (Phi) is 5.03. The van der Waals surface area contributed by atoms with Crippen molar-refractivity contribution in [3.05, 3.63) is 24.8 Å². The summed E-state index contributed by atoms with van der Waals surface area (Å²) >= 11 is 4.09. The van der Waals surface area contributed by atoms with Gasteiger partial charge in [-0.15, -0.1) is 0 Å². The third-order valence-electron chi connectivity index (χ3n) is 4.81. The van der Waals surface area contributed by atoms with Gasteiger partial charge in [0.25, 0.3) is 5.79 Å². The van der Waals surface area contributed by atoms with Crippen molar-refractivity contribution in [2.24, 2.45) is 0 Å². The van der Waals surface area contributed by atoms with Gasteiger partial charge in [-0.3, -0.25) is 4.55 Å². The molecule has 0 radical (unpaired) electrons. The van der Waals surface area contributed by atoms with Gasteiger partial charge in [0.15, 0.2) is 5.75 Å². The van der Waals surface area contributed by atoms with E-state index in [2.05, 4.69) is 27.3 Å². The van der Waals surface area contributed by atoms with Crippen molar-refractivity contribution in [2.75, 3.05) is 0 Å². The molecule has 1 spiro atoms. The minimum Gasteiger partial charge on any atom is -0.454 e. The molecule has 2 bridgehead atoms. The smallest absolute Gasteiger partial charge is 0.454 e. The quantitative estimate of drug-likeness (QED) is 0.296. The van der Waals surface area contributed by atoms with Gasteiger partial charge in [-0.1, -0.05) is 0 Å². The van der Waals surface area contributed by atoms with E-state index in [1.165, 1.54) is 0 Å². The predicted molar refractivity (Wildman–Crippen MR) is 105 cm³/mol. The fourth-order valence-corrected chi connectivity index (χ4v) is 4.70. The summed E-state index contributed by atoms with van der Waals surface area (Å²) < 4.78 is 79.8. The highest BCUT2D eigenvalue weighted by Gasteiger charge is 2.65. The number of esters is 2. The summed E-state index contributed by atoms with van der Waals surface area (Å²) in [6.07, 6.45) is -3.38. The molecule has 1 N–H and O–H groups in total. The third-order valence-corrected chi connectivity index (χ3v) is 8.62. The average molecular weight is 658 g/mol. The molecule has 9 nitrogen and oxygen atoms in total. The molecule has 14 heteroatoms. The normalized spacial score (nSPS) is 30.7. The maximum atomic E-state index is 13.4. The maximum Gasteiger partial charge on any atom is 0.465 e. The van der Waals surface area contributed by atoms with Crippen LogP contribution in [0.1, 0.15) is 23.2 Å². The molecule has 2 saturated heterocycles. The molecule has 4 atom stereocenters. The molecule has 0 aliphatic carbocycles. The molecule has 1 aromatic rings. The van der Waals surface area contributed by atoms with Crippen molar-refractivity contribution in [3.63, 3.8) is 0 Å². The molecule has 0 saturated carbocycles. The second-order valence-corrected chi connectivity index (χ2v) is 10.3. The molecule has 4 unspecified atom stereocenters. The lowest BCUT2D eigenvalue weighted by Crippen LogP contribution is -2.54. The molecule has 29 heavy (non-hydrogen) atoms. The highest BCUT2D eigenvalue weighted by Crippen LogP contribution is 2.50. The predicted octanol–water partition coefficient (Wildman–Crippen LogP) is 2.09. The van der Waals surface area contributed by atoms with Gasteiger partial charge in [0, 0.05) is 9.99 Å². The van der Waals surface area contributed by atoms with Gasteiger partial charge in [0.1, 0.15) is 23.9 Å². The Morgan fingerprint density at radius 2 is 2.00 bits per heavy atom. The fraction of sp³-hybridized carbons (Fsp3) is 0.467. The first kappa shape index (κ1) is 21.4. The lowest BCUT2D eigenvalue weighted by Gasteiger charge is -2.40. The van der Waals surface area contributed by atoms with Crippen LogP contribution in [0.5, 0.6) is 5.75 Å². The van der Waals surface area contributed by atoms with Crippen molar-refractivity contribution < 1.29 is 50.3 Å². The monoisotopic (exact) mass is 658 g/mol. The number of ether oxygens (including phenoxy) is 4. The number of fused-ring (bicyclic) bond motifs is 4. The topological polar surface area (TPSA) is 125 Å². The van der Waals surface area contributed by atoms with Crippen LogP contribution >= 0.6 is 45.2 Å². The minimum absolute atomic E-state index is 0.111. The number of carbonyl (C=O) groups excluding carboxylic acids is 2. The van der Waals surface area contributed by atoms with Crippen molar-refractivity contribution in [3.8, 4) is 5.75 Å². The average Bonchev–Trinajstić information content (AvgIpc) is 3.15. The summed E-state index contributed by atoms with van der Waals surface area (Å²) in [5.41, 5.74) is 0.235. The van der Waals surface area contributed by atoms with E-state index < -0.39 is 51.4 Å². The summed E-state index contributed by atoms with van der Waals surface area (Å²) in [6, 6.07) is 3.29. The van der Waals surface area contributed by atoms with Crippen molar-refractivity contribution >= 4 is 67.2 Å². The molecular weight excluding hydrogens is 648 g/mol. The van der Waals surface area contributed by atoms with E-state index in [4.69, 9.17) is 18.8 Å². The van der Waals surface area contributed by atoms with Crippen molar-refractivity contribution in [1.29, 1.82) is 0 Å². The lowest BCUT2D eigenvalue weighted by molar-refractivity contribution is -0.192. The Morgan fingerprint density at radius 1 is 1.31 bits per heavy atom. The first-order valence-corrected chi connectivity index (χ1v) is 11.6. The molecule has 4 rings (SSSR count). The first-order valence-electron chi connectivity index (χ1n) is 7.97. The summed E-state index contributed by atoms with van der Waals surface area (Å²) in [5, 5.41) is -5.11. The number of rotatable bonds is 3. The van der Waals surface area contributed by atoms with Gasteiger partial charge in [-0.05, 0) is 57.3 Å². The Morgan fingerprint density at radius 3 is 2.59 bits per heavy atom. The molecular formula is C15H10F2I2O9S. The highest BCUT2D eigenvalue weighted by molar-refractivity contribution is 14.1. The van der Waals surface area contributed by atoms with Gasteiger partial charge >= 0.3 is 27.3 Å². The van der Waals surface area contributed by atoms with Crippen LogP contribution in [0.4, 0.5) is 8.78 Å². The Bertz CT molecular complexity index is 1030. The number of hydrogen-bond acceptors (Lipinski definition) is 8.